The minimum Gasteiger partial charge on any atom is -0.284 e. The van der Waals surface area contributed by atoms with E-state index in [0.717, 1.165) is 11.9 Å². The second-order valence-corrected chi connectivity index (χ2v) is 1.49. The summed E-state index contributed by atoms with van der Waals surface area (Å²) in [7, 11) is 0. The van der Waals surface area contributed by atoms with E-state index < -0.39 is 0 Å². The van der Waals surface area contributed by atoms with Crippen LogP contribution in [-0.4, -0.2) is 11.6 Å². The lowest BCUT2D eigenvalue weighted by atomic mass is 10.7. The molecule has 0 radical (unpaired) electrons. The largest absolute Gasteiger partial charge is 0.284 e. The minimum absolute atomic E-state index is 0.00694. The monoisotopic (exact) mass is 118 g/mol. The zero-order valence-corrected chi connectivity index (χ0v) is 4.46. The third kappa shape index (κ3) is 3.41. The third-order valence-corrected chi connectivity index (χ3v) is 0.795. The van der Waals surface area contributed by atoms with E-state index in [1.165, 1.54) is 0 Å². The van der Waals surface area contributed by atoms with Crippen molar-refractivity contribution < 1.29 is 0 Å². The van der Waals surface area contributed by atoms with Crippen molar-refractivity contribution >= 4 is 17.8 Å². The quantitative estimate of drug-likeness (QED) is 0.214. The predicted molar refractivity (Wildman–Crippen MR) is 29.5 cm³/mol. The first-order valence-electron chi connectivity index (χ1n) is 1.58. The summed E-state index contributed by atoms with van der Waals surface area (Å²) >= 11 is 0.996. The first-order valence-corrected chi connectivity index (χ1v) is 2.62. The van der Waals surface area contributed by atoms with Crippen LogP contribution in [0.4, 0.5) is 0 Å². The third-order valence-electron chi connectivity index (χ3n) is 0.355. The summed E-state index contributed by atoms with van der Waals surface area (Å²) in [6.45, 7) is 0. The van der Waals surface area contributed by atoms with Gasteiger partial charge in [0.2, 0.25) is 0 Å². The van der Waals surface area contributed by atoms with E-state index in [1.54, 1.807) is 0 Å². The molecule has 0 aliphatic carbocycles. The summed E-state index contributed by atoms with van der Waals surface area (Å²) in [5, 5.41) is 14.4. The molecular formula is C2H6N4S. The van der Waals surface area contributed by atoms with Crippen LogP contribution >= 0.6 is 11.9 Å². The Morgan fingerprint density at radius 1 is 1.86 bits per heavy atom. The highest BCUT2D eigenvalue weighted by Crippen LogP contribution is 1.86. The van der Waals surface area contributed by atoms with Gasteiger partial charge >= 0.3 is 0 Å². The normalized spacial score (nSPS) is 8.14. The molecule has 0 bridgehead atoms. The van der Waals surface area contributed by atoms with Crippen LogP contribution in [0.2, 0.25) is 0 Å². The fraction of sp³-hybridized carbons (Fsp3) is 0.500. The Morgan fingerprint density at radius 3 is 2.57 bits per heavy atom. The van der Waals surface area contributed by atoms with Crippen LogP contribution in [-0.2, 0) is 0 Å². The van der Waals surface area contributed by atoms with Crippen molar-refractivity contribution in [3.63, 3.8) is 0 Å². The highest BCUT2D eigenvalue weighted by Gasteiger charge is 1.86. The van der Waals surface area contributed by atoms with Crippen molar-refractivity contribution in [2.45, 2.75) is 0 Å². The lowest BCUT2D eigenvalue weighted by molar-refractivity contribution is 1.16. The summed E-state index contributed by atoms with van der Waals surface area (Å²) in [6.07, 6.45) is 0. The molecule has 0 spiro atoms. The highest BCUT2D eigenvalue weighted by molar-refractivity contribution is 7.97. The van der Waals surface area contributed by atoms with Crippen LogP contribution < -0.4 is 5.14 Å². The maximum Gasteiger partial charge on any atom is 0.154 e. The van der Waals surface area contributed by atoms with Crippen LogP contribution in [0.5, 0.6) is 0 Å². The topological polar surface area (TPSA) is 86.1 Å². The number of amidine groups is 1. The Labute approximate surface area is 45.6 Å². The van der Waals surface area contributed by atoms with E-state index >= 15 is 0 Å². The highest BCUT2D eigenvalue weighted by atomic mass is 32.2. The predicted octanol–water partition coefficient (Wildman–Crippen LogP) is 0.602. The van der Waals surface area contributed by atoms with Crippen molar-refractivity contribution in [3.05, 3.63) is 0 Å². The van der Waals surface area contributed by atoms with Gasteiger partial charge in [-0.3, -0.25) is 10.5 Å². The first-order chi connectivity index (χ1) is 3.31. The molecule has 4 nitrogen and oxygen atoms in total. The number of rotatable bonds is 2. The van der Waals surface area contributed by atoms with E-state index in [2.05, 4.69) is 5.11 Å². The van der Waals surface area contributed by atoms with Gasteiger partial charge in [-0.2, -0.15) is 0 Å². The van der Waals surface area contributed by atoms with E-state index in [-0.39, 0.29) is 5.84 Å². The van der Waals surface area contributed by atoms with Gasteiger partial charge < -0.3 is 0 Å². The molecule has 0 saturated carbocycles. The molecule has 0 aliphatic rings. The van der Waals surface area contributed by atoms with Gasteiger partial charge in [0.1, 0.15) is 0 Å². The van der Waals surface area contributed by atoms with E-state index in [1.807, 2.05) is 0 Å². The van der Waals surface area contributed by atoms with E-state index in [0.29, 0.717) is 5.75 Å². The molecule has 0 amide bonds. The van der Waals surface area contributed by atoms with Crippen LogP contribution in [0, 0.1) is 10.9 Å². The summed E-state index contributed by atoms with van der Waals surface area (Å²) in [4.78, 5) is 0. The maximum atomic E-state index is 6.68. The Kier molecular flexibility index (Phi) is 3.53. The Bertz CT molecular complexity index is 79.8. The Balaban J connectivity index is 3.17. The van der Waals surface area contributed by atoms with Gasteiger partial charge in [0.25, 0.3) is 0 Å². The van der Waals surface area contributed by atoms with Gasteiger partial charge in [-0.05, 0) is 0 Å². The van der Waals surface area contributed by atoms with Gasteiger partial charge in [-0.15, -0.1) is 5.11 Å². The molecule has 5 heteroatoms. The molecular weight excluding hydrogens is 112 g/mol. The number of nitrogens with one attached hydrogen (secondary N) is 2. The molecule has 40 valence electrons. The van der Waals surface area contributed by atoms with Gasteiger partial charge in [0.15, 0.2) is 5.84 Å². The number of nitrogens with two attached hydrogens (primary N) is 1. The van der Waals surface area contributed by atoms with Crippen LogP contribution in [0.3, 0.4) is 0 Å². The van der Waals surface area contributed by atoms with Gasteiger partial charge in [0.05, 0.1) is 5.75 Å². The maximum absolute atomic E-state index is 6.68. The summed E-state index contributed by atoms with van der Waals surface area (Å²) < 4.78 is 0. The lowest BCUT2D eigenvalue weighted by Gasteiger charge is -1.85. The van der Waals surface area contributed by atoms with Crippen molar-refractivity contribution in [3.8, 4) is 0 Å². The van der Waals surface area contributed by atoms with E-state index in [4.69, 9.17) is 16.1 Å². The van der Waals surface area contributed by atoms with Gasteiger partial charge in [-0.1, -0.05) is 11.9 Å². The zero-order chi connectivity index (χ0) is 5.70. The lowest BCUT2D eigenvalue weighted by Crippen LogP contribution is -1.96. The summed E-state index contributed by atoms with van der Waals surface area (Å²) in [6, 6.07) is 0. The van der Waals surface area contributed by atoms with Crippen LogP contribution in [0.1, 0.15) is 0 Å². The van der Waals surface area contributed by atoms with Crippen molar-refractivity contribution in [2.75, 3.05) is 5.75 Å². The average molecular weight is 118 g/mol. The molecule has 0 rings (SSSR count). The second kappa shape index (κ2) is 3.76. The number of nitrogens with zero attached hydrogens (tertiary/aromatic N) is 1. The molecule has 0 atom stereocenters. The van der Waals surface area contributed by atoms with Crippen LogP contribution in [0.15, 0.2) is 5.11 Å². The smallest absolute Gasteiger partial charge is 0.154 e. The first kappa shape index (κ1) is 6.58. The molecule has 4 N–H and O–H groups in total. The fourth-order valence-corrected chi connectivity index (χ4v) is 0.334. The standard InChI is InChI=1S/C2H6N4S/c3-2(6-4)1-7-5/h3-4H,1,5H2. The minimum atomic E-state index is 0.00694. The zero-order valence-electron chi connectivity index (χ0n) is 3.64. The SMILES string of the molecule is N=NC(=N)CSN. The number of hydrogen-bond donors (Lipinski definition) is 3. The molecule has 7 heavy (non-hydrogen) atoms. The van der Waals surface area contributed by atoms with Crippen molar-refractivity contribution in [2.24, 2.45) is 10.3 Å². The van der Waals surface area contributed by atoms with Gasteiger partial charge in [-0.25, -0.2) is 5.53 Å². The molecule has 0 aromatic carbocycles. The average Bonchev–Trinajstić information content (AvgIpc) is 1.68. The Hall–Kier alpha value is -0.420. The van der Waals surface area contributed by atoms with Gasteiger partial charge in [0, 0.05) is 0 Å². The van der Waals surface area contributed by atoms with Crippen LogP contribution in [0.25, 0.3) is 0 Å². The molecule has 0 aromatic heterocycles. The molecule has 0 aliphatic heterocycles. The molecule has 0 fully saturated rings. The summed E-state index contributed by atoms with van der Waals surface area (Å²) in [5.74, 6) is 0.330. The van der Waals surface area contributed by atoms with E-state index in [9.17, 15) is 0 Å². The number of hydrogen-bond acceptors (Lipinski definition) is 4. The Morgan fingerprint density at radius 2 is 2.43 bits per heavy atom. The summed E-state index contributed by atoms with van der Waals surface area (Å²) in [5.41, 5.74) is 6.24. The molecule has 0 saturated heterocycles. The molecule has 0 heterocycles. The van der Waals surface area contributed by atoms with Crippen molar-refractivity contribution in [1.82, 2.24) is 0 Å². The molecule has 0 unspecified atom stereocenters. The molecule has 0 aromatic rings. The second-order valence-electron chi connectivity index (χ2n) is 0.870. The fourth-order valence-electron chi connectivity index (χ4n) is 0.111. The van der Waals surface area contributed by atoms with Crippen molar-refractivity contribution in [1.29, 1.82) is 10.9 Å².